The highest BCUT2D eigenvalue weighted by molar-refractivity contribution is 7.15. The second-order valence-electron chi connectivity index (χ2n) is 6.27. The van der Waals surface area contributed by atoms with E-state index in [0.717, 1.165) is 51.3 Å². The van der Waals surface area contributed by atoms with Crippen molar-refractivity contribution in [3.05, 3.63) is 52.6 Å². The summed E-state index contributed by atoms with van der Waals surface area (Å²) in [6.07, 6.45) is 9.48. The molecule has 2 aliphatic carbocycles. The zero-order chi connectivity index (χ0) is 14.9. The zero-order valence-corrected chi connectivity index (χ0v) is 13.9. The van der Waals surface area contributed by atoms with Crippen molar-refractivity contribution in [1.29, 1.82) is 0 Å². The number of allylic oxidation sites excluding steroid dienone is 2. The molecule has 1 N–H and O–H groups in total. The maximum atomic E-state index is 6.25. The number of rotatable bonds is 5. The minimum absolute atomic E-state index is 0.791. The lowest BCUT2D eigenvalue weighted by molar-refractivity contribution is 0.414. The van der Waals surface area contributed by atoms with E-state index in [-0.39, 0.29) is 0 Å². The number of hydrogen-bond donors (Lipinski definition) is 1. The minimum Gasteiger partial charge on any atom is -0.310 e. The molecule has 1 fully saturated rings. The van der Waals surface area contributed by atoms with E-state index >= 15 is 0 Å². The number of nitrogens with zero attached hydrogens (tertiary/aromatic N) is 1. The molecule has 1 aromatic carbocycles. The number of benzene rings is 1. The van der Waals surface area contributed by atoms with Crippen LogP contribution in [0.4, 0.5) is 0 Å². The lowest BCUT2D eigenvalue weighted by Gasteiger charge is -2.18. The average Bonchev–Trinajstić information content (AvgIpc) is 3.24. The van der Waals surface area contributed by atoms with Gasteiger partial charge in [0.05, 0.1) is 4.88 Å². The predicted molar refractivity (Wildman–Crippen MR) is 93.1 cm³/mol. The van der Waals surface area contributed by atoms with Crippen molar-refractivity contribution in [2.24, 2.45) is 17.8 Å². The number of nitrogens with one attached hydrogen (secondary N) is 1. The van der Waals surface area contributed by atoms with Gasteiger partial charge in [-0.05, 0) is 43.2 Å². The summed E-state index contributed by atoms with van der Waals surface area (Å²) in [5.41, 5.74) is 1.08. The van der Waals surface area contributed by atoms with Crippen LogP contribution < -0.4 is 5.32 Å². The lowest BCUT2D eigenvalue weighted by Crippen LogP contribution is -2.24. The van der Waals surface area contributed by atoms with Crippen LogP contribution in [0.5, 0.6) is 0 Å². The molecule has 0 amide bonds. The number of fused-ring (bicyclic) bond motifs is 2. The largest absolute Gasteiger partial charge is 0.310 e. The summed E-state index contributed by atoms with van der Waals surface area (Å²) in [4.78, 5) is 5.67. The Labute approximate surface area is 140 Å². The van der Waals surface area contributed by atoms with Gasteiger partial charge in [0, 0.05) is 23.3 Å². The zero-order valence-electron chi connectivity index (χ0n) is 12.3. The Morgan fingerprint density at radius 1 is 1.23 bits per heavy atom. The molecule has 0 saturated heterocycles. The number of hydrogen-bond acceptors (Lipinski definition) is 3. The highest BCUT2D eigenvalue weighted by atomic mass is 35.5. The van der Waals surface area contributed by atoms with Gasteiger partial charge in [-0.2, -0.15) is 0 Å². The van der Waals surface area contributed by atoms with Crippen molar-refractivity contribution in [2.45, 2.75) is 19.4 Å². The van der Waals surface area contributed by atoms with Gasteiger partial charge in [-0.3, -0.25) is 0 Å². The third-order valence-corrected chi connectivity index (χ3v) is 6.15. The standard InChI is InChI=1S/C18H19ClN2S/c19-16-4-2-1-3-15(16)17-10-21-18(22-17)11-20-9-14-8-12-5-6-13(14)7-12/h1-6,10,12-14,20H,7-9,11H2. The molecule has 2 aliphatic rings. The van der Waals surface area contributed by atoms with Gasteiger partial charge < -0.3 is 5.32 Å². The predicted octanol–water partition coefficient (Wildman–Crippen LogP) is 4.77. The summed E-state index contributed by atoms with van der Waals surface area (Å²) < 4.78 is 0. The second kappa shape index (κ2) is 6.15. The first-order valence-corrected chi connectivity index (χ1v) is 9.07. The Hall–Kier alpha value is -1.16. The van der Waals surface area contributed by atoms with Crippen molar-refractivity contribution in [3.8, 4) is 10.4 Å². The van der Waals surface area contributed by atoms with E-state index in [4.69, 9.17) is 11.6 Å². The quantitative estimate of drug-likeness (QED) is 0.799. The molecule has 1 heterocycles. The maximum absolute atomic E-state index is 6.25. The summed E-state index contributed by atoms with van der Waals surface area (Å²) in [5, 5.41) is 5.51. The molecule has 22 heavy (non-hydrogen) atoms. The third kappa shape index (κ3) is 2.85. The molecule has 4 rings (SSSR count). The fraction of sp³-hybridized carbons (Fsp3) is 0.389. The highest BCUT2D eigenvalue weighted by Crippen LogP contribution is 2.43. The molecule has 1 aromatic heterocycles. The molecular formula is C18H19ClN2S. The molecule has 2 aromatic rings. The van der Waals surface area contributed by atoms with Crippen LogP contribution in [0.2, 0.25) is 5.02 Å². The monoisotopic (exact) mass is 330 g/mol. The summed E-state index contributed by atoms with van der Waals surface area (Å²) in [6.45, 7) is 1.96. The Bertz CT molecular complexity index is 694. The molecular weight excluding hydrogens is 312 g/mol. The molecule has 2 bridgehead atoms. The Balaban J connectivity index is 1.35. The van der Waals surface area contributed by atoms with Crippen LogP contribution in [-0.4, -0.2) is 11.5 Å². The molecule has 0 spiro atoms. The normalized spacial score (nSPS) is 26.0. The minimum atomic E-state index is 0.791. The number of aromatic nitrogens is 1. The second-order valence-corrected chi connectivity index (χ2v) is 7.79. The number of thiazole rings is 1. The van der Waals surface area contributed by atoms with E-state index in [1.165, 1.54) is 12.8 Å². The van der Waals surface area contributed by atoms with E-state index < -0.39 is 0 Å². The fourth-order valence-corrected chi connectivity index (χ4v) is 4.89. The van der Waals surface area contributed by atoms with Gasteiger partial charge in [0.1, 0.15) is 5.01 Å². The molecule has 2 nitrogen and oxygen atoms in total. The summed E-state index contributed by atoms with van der Waals surface area (Å²) in [5.74, 6) is 2.48. The average molecular weight is 331 g/mol. The van der Waals surface area contributed by atoms with Crippen LogP contribution in [0.3, 0.4) is 0 Å². The molecule has 1 saturated carbocycles. The van der Waals surface area contributed by atoms with Crippen LogP contribution in [0.25, 0.3) is 10.4 Å². The smallest absolute Gasteiger partial charge is 0.107 e. The van der Waals surface area contributed by atoms with Gasteiger partial charge >= 0.3 is 0 Å². The summed E-state index contributed by atoms with van der Waals surface area (Å²) in [7, 11) is 0. The first kappa shape index (κ1) is 14.4. The molecule has 3 unspecified atom stereocenters. The van der Waals surface area contributed by atoms with E-state index in [0.29, 0.717) is 0 Å². The van der Waals surface area contributed by atoms with Crippen molar-refractivity contribution in [1.82, 2.24) is 10.3 Å². The van der Waals surface area contributed by atoms with E-state index in [1.807, 2.05) is 24.4 Å². The summed E-state index contributed by atoms with van der Waals surface area (Å²) >= 11 is 7.98. The van der Waals surface area contributed by atoms with Crippen LogP contribution in [0, 0.1) is 17.8 Å². The van der Waals surface area contributed by atoms with Crippen LogP contribution in [0.15, 0.2) is 42.6 Å². The third-order valence-electron chi connectivity index (χ3n) is 4.79. The van der Waals surface area contributed by atoms with E-state index in [9.17, 15) is 0 Å². The molecule has 0 radical (unpaired) electrons. The SMILES string of the molecule is Clc1ccccc1-c1cnc(CNCC2CC3C=CC2C3)s1. The van der Waals surface area contributed by atoms with Gasteiger partial charge in [0.2, 0.25) is 0 Å². The van der Waals surface area contributed by atoms with E-state index in [2.05, 4.69) is 28.5 Å². The van der Waals surface area contributed by atoms with Gasteiger partial charge in [-0.25, -0.2) is 4.98 Å². The first-order valence-electron chi connectivity index (χ1n) is 7.88. The van der Waals surface area contributed by atoms with Crippen LogP contribution >= 0.6 is 22.9 Å². The van der Waals surface area contributed by atoms with Gasteiger partial charge in [0.25, 0.3) is 0 Å². The Morgan fingerprint density at radius 2 is 2.14 bits per heavy atom. The van der Waals surface area contributed by atoms with Crippen molar-refractivity contribution in [2.75, 3.05) is 6.54 Å². The van der Waals surface area contributed by atoms with Gasteiger partial charge in [0.15, 0.2) is 0 Å². The fourth-order valence-electron chi connectivity index (χ4n) is 3.67. The van der Waals surface area contributed by atoms with E-state index in [1.54, 1.807) is 11.3 Å². The highest BCUT2D eigenvalue weighted by Gasteiger charge is 2.34. The topological polar surface area (TPSA) is 24.9 Å². The van der Waals surface area contributed by atoms with Crippen LogP contribution in [-0.2, 0) is 6.54 Å². The van der Waals surface area contributed by atoms with Crippen molar-refractivity contribution in [3.63, 3.8) is 0 Å². The van der Waals surface area contributed by atoms with Gasteiger partial charge in [-0.1, -0.05) is 42.0 Å². The van der Waals surface area contributed by atoms with Gasteiger partial charge in [-0.15, -0.1) is 11.3 Å². The Kier molecular flexibility index (Phi) is 4.03. The van der Waals surface area contributed by atoms with Crippen LogP contribution in [0.1, 0.15) is 17.8 Å². The van der Waals surface area contributed by atoms with Crippen molar-refractivity contribution < 1.29 is 0 Å². The molecule has 114 valence electrons. The van der Waals surface area contributed by atoms with Crippen molar-refractivity contribution >= 4 is 22.9 Å². The lowest BCUT2D eigenvalue weighted by atomic mass is 9.94. The Morgan fingerprint density at radius 3 is 2.91 bits per heavy atom. The summed E-state index contributed by atoms with van der Waals surface area (Å²) in [6, 6.07) is 7.95. The molecule has 3 atom stereocenters. The molecule has 4 heteroatoms. The first-order chi connectivity index (χ1) is 10.8. The maximum Gasteiger partial charge on any atom is 0.107 e. The molecule has 0 aliphatic heterocycles. The number of halogens is 1.